The Morgan fingerprint density at radius 2 is 2.15 bits per heavy atom. The Bertz CT molecular complexity index is 307. The van der Waals surface area contributed by atoms with E-state index in [1.165, 1.54) is 36.2 Å². The quantitative estimate of drug-likeness (QED) is 0.651. The lowest BCUT2D eigenvalue weighted by atomic mass is 9.81. The fourth-order valence-corrected chi connectivity index (χ4v) is 4.25. The van der Waals surface area contributed by atoms with Crippen molar-refractivity contribution in [3.05, 3.63) is 20.3 Å². The van der Waals surface area contributed by atoms with Gasteiger partial charge in [0.2, 0.25) is 0 Å². The number of hydrogen-bond donors (Lipinski definition) is 0. The third-order valence-corrected chi connectivity index (χ3v) is 5.30. The zero-order chi connectivity index (χ0) is 9.42. The molecule has 0 saturated heterocycles. The molecule has 0 aromatic carbocycles. The lowest BCUT2D eigenvalue weighted by Crippen LogP contribution is -2.15. The van der Waals surface area contributed by atoms with E-state index in [0.717, 1.165) is 14.6 Å². The summed E-state index contributed by atoms with van der Waals surface area (Å²) in [5.41, 5.74) is 1.17. The summed E-state index contributed by atoms with van der Waals surface area (Å²) in [4.78, 5) is 0.400. The van der Waals surface area contributed by atoms with Gasteiger partial charge in [-0.2, -0.15) is 0 Å². The van der Waals surface area contributed by atoms with Crippen LogP contribution in [0.1, 0.15) is 29.7 Å². The van der Waals surface area contributed by atoms with Crippen molar-refractivity contribution in [2.45, 2.75) is 24.1 Å². The van der Waals surface area contributed by atoms with E-state index >= 15 is 0 Å². The van der Waals surface area contributed by atoms with Gasteiger partial charge in [-0.05, 0) is 30.4 Å². The molecule has 1 unspecified atom stereocenters. The SMILES string of the molecule is Clc1cc(C(Br)C2CCC2)c(Cl)s1. The van der Waals surface area contributed by atoms with Crippen LogP contribution in [0.5, 0.6) is 0 Å². The summed E-state index contributed by atoms with van der Waals surface area (Å²) in [6.07, 6.45) is 3.96. The summed E-state index contributed by atoms with van der Waals surface area (Å²) >= 11 is 17.1. The molecule has 0 radical (unpaired) electrons. The Morgan fingerprint density at radius 3 is 2.54 bits per heavy atom. The zero-order valence-corrected chi connectivity index (χ0v) is 10.8. The fraction of sp³-hybridized carbons (Fsp3) is 0.556. The zero-order valence-electron chi connectivity index (χ0n) is 6.90. The molecule has 13 heavy (non-hydrogen) atoms. The van der Waals surface area contributed by atoms with E-state index in [2.05, 4.69) is 15.9 Å². The van der Waals surface area contributed by atoms with Crippen LogP contribution in [0.3, 0.4) is 0 Å². The van der Waals surface area contributed by atoms with Crippen molar-refractivity contribution in [3.63, 3.8) is 0 Å². The predicted molar refractivity (Wildman–Crippen MR) is 63.3 cm³/mol. The van der Waals surface area contributed by atoms with Crippen LogP contribution in [0.4, 0.5) is 0 Å². The van der Waals surface area contributed by atoms with Gasteiger partial charge < -0.3 is 0 Å². The molecule has 0 amide bonds. The summed E-state index contributed by atoms with van der Waals surface area (Å²) in [7, 11) is 0. The third kappa shape index (κ3) is 2.06. The number of thiophene rings is 1. The van der Waals surface area contributed by atoms with Gasteiger partial charge in [0.05, 0.1) is 8.67 Å². The first-order valence-corrected chi connectivity index (χ1v) is 6.76. The summed E-state index contributed by atoms with van der Waals surface area (Å²) in [6, 6.07) is 1.98. The van der Waals surface area contributed by atoms with Crippen LogP contribution in [-0.2, 0) is 0 Å². The average Bonchev–Trinajstić information content (AvgIpc) is 2.26. The topological polar surface area (TPSA) is 0 Å². The second-order valence-electron chi connectivity index (χ2n) is 3.37. The van der Waals surface area contributed by atoms with Gasteiger partial charge in [0.1, 0.15) is 0 Å². The monoisotopic (exact) mass is 298 g/mol. The van der Waals surface area contributed by atoms with Gasteiger partial charge in [0.25, 0.3) is 0 Å². The molecule has 1 aromatic heterocycles. The molecule has 1 atom stereocenters. The number of hydrogen-bond acceptors (Lipinski definition) is 1. The number of alkyl halides is 1. The molecular formula is C9H9BrCl2S. The van der Waals surface area contributed by atoms with E-state index in [1.807, 2.05) is 6.07 Å². The largest absolute Gasteiger partial charge is 0.111 e. The Kier molecular flexibility index (Phi) is 3.24. The first-order chi connectivity index (χ1) is 6.18. The molecule has 2 rings (SSSR count). The van der Waals surface area contributed by atoms with Crippen molar-refractivity contribution in [1.82, 2.24) is 0 Å². The Hall–Kier alpha value is 0.760. The maximum atomic E-state index is 6.07. The molecule has 1 heterocycles. The lowest BCUT2D eigenvalue weighted by molar-refractivity contribution is 0.312. The smallest absolute Gasteiger partial charge is 0.0987 e. The highest BCUT2D eigenvalue weighted by atomic mass is 79.9. The number of halogens is 3. The van der Waals surface area contributed by atoms with Crippen LogP contribution in [0.2, 0.25) is 8.67 Å². The van der Waals surface area contributed by atoms with Gasteiger partial charge in [0, 0.05) is 4.83 Å². The molecule has 0 bridgehead atoms. The molecule has 1 saturated carbocycles. The molecule has 0 N–H and O–H groups in total. The summed E-state index contributed by atoms with van der Waals surface area (Å²) in [6.45, 7) is 0. The maximum absolute atomic E-state index is 6.07. The minimum atomic E-state index is 0.400. The van der Waals surface area contributed by atoms with E-state index in [0.29, 0.717) is 4.83 Å². The van der Waals surface area contributed by atoms with E-state index < -0.39 is 0 Å². The molecule has 4 heteroatoms. The van der Waals surface area contributed by atoms with Gasteiger partial charge >= 0.3 is 0 Å². The van der Waals surface area contributed by atoms with Gasteiger partial charge in [-0.25, -0.2) is 0 Å². The summed E-state index contributed by atoms with van der Waals surface area (Å²) in [5.74, 6) is 0.753. The van der Waals surface area contributed by atoms with E-state index in [-0.39, 0.29) is 0 Å². The van der Waals surface area contributed by atoms with Crippen molar-refractivity contribution >= 4 is 50.5 Å². The highest BCUT2D eigenvalue weighted by molar-refractivity contribution is 9.09. The Labute approximate surface area is 100 Å². The molecule has 1 aliphatic rings. The summed E-state index contributed by atoms with van der Waals surface area (Å²) in [5, 5.41) is 0. The van der Waals surface area contributed by atoms with Crippen LogP contribution in [0.15, 0.2) is 6.07 Å². The molecule has 0 aliphatic heterocycles. The van der Waals surface area contributed by atoms with E-state index in [9.17, 15) is 0 Å². The minimum absolute atomic E-state index is 0.400. The van der Waals surface area contributed by atoms with Crippen molar-refractivity contribution in [2.75, 3.05) is 0 Å². The molecule has 0 nitrogen and oxygen atoms in total. The molecule has 1 fully saturated rings. The Balaban J connectivity index is 2.18. The first kappa shape index (κ1) is 10.3. The highest BCUT2D eigenvalue weighted by Crippen LogP contribution is 2.47. The van der Waals surface area contributed by atoms with Crippen LogP contribution in [0, 0.1) is 5.92 Å². The first-order valence-electron chi connectivity index (χ1n) is 4.27. The third-order valence-electron chi connectivity index (χ3n) is 2.54. The fourth-order valence-electron chi connectivity index (χ4n) is 1.53. The van der Waals surface area contributed by atoms with Crippen LogP contribution >= 0.6 is 50.5 Å². The lowest BCUT2D eigenvalue weighted by Gasteiger charge is -2.30. The second-order valence-corrected chi connectivity index (χ2v) is 6.64. The van der Waals surface area contributed by atoms with Gasteiger partial charge in [-0.3, -0.25) is 0 Å². The molecule has 1 aromatic rings. The Morgan fingerprint density at radius 1 is 1.46 bits per heavy atom. The minimum Gasteiger partial charge on any atom is -0.111 e. The van der Waals surface area contributed by atoms with Gasteiger partial charge in [0.15, 0.2) is 0 Å². The molecule has 72 valence electrons. The highest BCUT2D eigenvalue weighted by Gasteiger charge is 2.28. The number of rotatable bonds is 2. The standard InChI is InChI=1S/C9H9BrCl2S/c10-8(5-2-1-3-5)6-4-7(11)13-9(6)12/h4-5,8H,1-3H2. The van der Waals surface area contributed by atoms with Crippen LogP contribution < -0.4 is 0 Å². The van der Waals surface area contributed by atoms with Crippen molar-refractivity contribution in [3.8, 4) is 0 Å². The molecular weight excluding hydrogens is 291 g/mol. The van der Waals surface area contributed by atoms with E-state index in [1.54, 1.807) is 0 Å². The van der Waals surface area contributed by atoms with E-state index in [4.69, 9.17) is 23.2 Å². The molecule has 1 aliphatic carbocycles. The van der Waals surface area contributed by atoms with Crippen molar-refractivity contribution < 1.29 is 0 Å². The van der Waals surface area contributed by atoms with Crippen LogP contribution in [-0.4, -0.2) is 0 Å². The normalized spacial score (nSPS) is 19.9. The molecule has 0 spiro atoms. The van der Waals surface area contributed by atoms with Gasteiger partial charge in [-0.1, -0.05) is 45.6 Å². The van der Waals surface area contributed by atoms with Gasteiger partial charge in [-0.15, -0.1) is 11.3 Å². The van der Waals surface area contributed by atoms with Crippen LogP contribution in [0.25, 0.3) is 0 Å². The predicted octanol–water partition coefficient (Wildman–Crippen LogP) is 5.29. The maximum Gasteiger partial charge on any atom is 0.0987 e. The van der Waals surface area contributed by atoms with Crippen molar-refractivity contribution in [1.29, 1.82) is 0 Å². The van der Waals surface area contributed by atoms with Crippen molar-refractivity contribution in [2.24, 2.45) is 5.92 Å². The second kappa shape index (κ2) is 4.09. The summed E-state index contributed by atoms with van der Waals surface area (Å²) < 4.78 is 1.61. The average molecular weight is 300 g/mol.